The van der Waals surface area contributed by atoms with Crippen LogP contribution in [0.2, 0.25) is 0 Å². The van der Waals surface area contributed by atoms with Gasteiger partial charge in [-0.15, -0.1) is 0 Å². The quantitative estimate of drug-likeness (QED) is 0.805. The smallest absolute Gasteiger partial charge is 0.0424 e. The van der Waals surface area contributed by atoms with E-state index in [1.54, 1.807) is 0 Å². The summed E-state index contributed by atoms with van der Waals surface area (Å²) in [5.74, 6) is 1.49. The number of benzene rings is 1. The third kappa shape index (κ3) is 2.69. The first kappa shape index (κ1) is 14.2. The lowest BCUT2D eigenvalue weighted by Crippen LogP contribution is -2.35. The van der Waals surface area contributed by atoms with E-state index in [9.17, 15) is 0 Å². The Labute approximate surface area is 127 Å². The fraction of sp³-hybridized carbons (Fsp3) is 0.500. The predicted molar refractivity (Wildman–Crippen MR) is 90.5 cm³/mol. The van der Waals surface area contributed by atoms with Gasteiger partial charge in [0, 0.05) is 40.1 Å². The van der Waals surface area contributed by atoms with Crippen molar-refractivity contribution in [3.63, 3.8) is 0 Å². The zero-order valence-corrected chi connectivity index (χ0v) is 13.2. The maximum Gasteiger partial charge on any atom is 0.0424 e. The molecule has 21 heavy (non-hydrogen) atoms. The third-order valence-electron chi connectivity index (χ3n) is 5.12. The number of aromatic nitrogens is 1. The average Bonchev–Trinajstić information content (AvgIpc) is 2.46. The number of anilines is 2. The fourth-order valence-electron chi connectivity index (χ4n) is 3.48. The van der Waals surface area contributed by atoms with Crippen molar-refractivity contribution >= 4 is 22.1 Å². The molecule has 3 N–H and O–H groups in total. The van der Waals surface area contributed by atoms with Crippen molar-refractivity contribution in [2.45, 2.75) is 46.1 Å². The van der Waals surface area contributed by atoms with E-state index >= 15 is 0 Å². The Kier molecular flexibility index (Phi) is 3.75. The van der Waals surface area contributed by atoms with Crippen LogP contribution in [0.1, 0.15) is 38.8 Å². The highest BCUT2D eigenvalue weighted by atomic mass is 14.9. The van der Waals surface area contributed by atoms with E-state index in [1.165, 1.54) is 30.3 Å². The number of hydrogen-bond donors (Lipinski definition) is 2. The molecule has 3 heteroatoms. The lowest BCUT2D eigenvalue weighted by atomic mass is 9.78. The molecule has 3 atom stereocenters. The molecular weight excluding hydrogens is 258 g/mol. The van der Waals surface area contributed by atoms with Gasteiger partial charge in [-0.25, -0.2) is 0 Å². The number of hydrogen-bond acceptors (Lipinski definition) is 3. The topological polar surface area (TPSA) is 50.9 Å². The Morgan fingerprint density at radius 3 is 2.81 bits per heavy atom. The standard InChI is InChI=1S/C18H25N3/c1-11-5-4-6-17(13(11)3)21-18-8-7-16(19)15-10-20-12(2)9-14(15)18/h7-11,13,17,21H,4-6,19H2,1-3H3. The molecule has 0 radical (unpaired) electrons. The Morgan fingerprint density at radius 2 is 2.00 bits per heavy atom. The molecule has 0 saturated heterocycles. The summed E-state index contributed by atoms with van der Waals surface area (Å²) in [6.07, 6.45) is 5.81. The summed E-state index contributed by atoms with van der Waals surface area (Å²) in [7, 11) is 0. The van der Waals surface area contributed by atoms with Crippen molar-refractivity contribution in [1.82, 2.24) is 4.98 Å². The minimum atomic E-state index is 0.550. The van der Waals surface area contributed by atoms with Crippen molar-refractivity contribution in [3.8, 4) is 0 Å². The van der Waals surface area contributed by atoms with E-state index in [2.05, 4.69) is 36.3 Å². The molecule has 0 spiro atoms. The largest absolute Gasteiger partial charge is 0.398 e. The van der Waals surface area contributed by atoms with Crippen LogP contribution in [0.5, 0.6) is 0 Å². The molecule has 1 aromatic heterocycles. The lowest BCUT2D eigenvalue weighted by Gasteiger charge is -2.35. The van der Waals surface area contributed by atoms with Gasteiger partial charge in [0.2, 0.25) is 0 Å². The van der Waals surface area contributed by atoms with Gasteiger partial charge in [-0.05, 0) is 43.4 Å². The van der Waals surface area contributed by atoms with E-state index < -0.39 is 0 Å². The predicted octanol–water partition coefficient (Wildman–Crippen LogP) is 4.36. The molecule has 1 aliphatic carbocycles. The number of aryl methyl sites for hydroxylation is 1. The maximum absolute atomic E-state index is 6.09. The Hall–Kier alpha value is -1.77. The zero-order valence-electron chi connectivity index (χ0n) is 13.2. The van der Waals surface area contributed by atoms with Crippen LogP contribution in [0.3, 0.4) is 0 Å². The van der Waals surface area contributed by atoms with Gasteiger partial charge in [0.25, 0.3) is 0 Å². The number of nitrogen functional groups attached to an aromatic ring is 1. The summed E-state index contributed by atoms with van der Waals surface area (Å²) in [5, 5.41) is 6.01. The summed E-state index contributed by atoms with van der Waals surface area (Å²) in [6.45, 7) is 6.76. The molecule has 1 aromatic carbocycles. The van der Waals surface area contributed by atoms with Crippen molar-refractivity contribution in [1.29, 1.82) is 0 Å². The van der Waals surface area contributed by atoms with E-state index in [0.717, 1.165) is 22.7 Å². The molecule has 3 unspecified atom stereocenters. The molecule has 3 rings (SSSR count). The molecule has 1 saturated carbocycles. The first-order valence-electron chi connectivity index (χ1n) is 7.97. The second-order valence-corrected chi connectivity index (χ2v) is 6.59. The Morgan fingerprint density at radius 1 is 1.19 bits per heavy atom. The minimum absolute atomic E-state index is 0.550. The average molecular weight is 283 g/mol. The van der Waals surface area contributed by atoms with Gasteiger partial charge in [0.1, 0.15) is 0 Å². The highest BCUT2D eigenvalue weighted by Crippen LogP contribution is 2.34. The molecule has 1 aliphatic rings. The molecular formula is C18H25N3. The number of nitrogens with zero attached hydrogens (tertiary/aromatic N) is 1. The molecule has 1 heterocycles. The summed E-state index contributed by atoms with van der Waals surface area (Å²) in [6, 6.07) is 6.78. The summed E-state index contributed by atoms with van der Waals surface area (Å²) >= 11 is 0. The van der Waals surface area contributed by atoms with Gasteiger partial charge in [0.05, 0.1) is 0 Å². The van der Waals surface area contributed by atoms with E-state index in [0.29, 0.717) is 12.0 Å². The van der Waals surface area contributed by atoms with Gasteiger partial charge < -0.3 is 11.1 Å². The van der Waals surface area contributed by atoms with Crippen LogP contribution in [-0.2, 0) is 0 Å². The highest BCUT2D eigenvalue weighted by molar-refractivity contribution is 6.00. The van der Waals surface area contributed by atoms with Crippen molar-refractivity contribution in [2.24, 2.45) is 11.8 Å². The number of rotatable bonds is 2. The monoisotopic (exact) mass is 283 g/mol. The number of nitrogens with one attached hydrogen (secondary N) is 1. The SMILES string of the molecule is Cc1cc2c(NC3CCCC(C)C3C)ccc(N)c2cn1. The molecule has 2 aromatic rings. The van der Waals surface area contributed by atoms with Gasteiger partial charge in [0.15, 0.2) is 0 Å². The molecule has 112 valence electrons. The lowest BCUT2D eigenvalue weighted by molar-refractivity contribution is 0.253. The number of fused-ring (bicyclic) bond motifs is 1. The first-order valence-corrected chi connectivity index (χ1v) is 7.97. The van der Waals surface area contributed by atoms with E-state index in [4.69, 9.17) is 5.73 Å². The second kappa shape index (κ2) is 5.55. The van der Waals surface area contributed by atoms with Crippen LogP contribution in [-0.4, -0.2) is 11.0 Å². The summed E-state index contributed by atoms with van der Waals surface area (Å²) < 4.78 is 0. The molecule has 0 aliphatic heterocycles. The Bertz CT molecular complexity index is 650. The van der Waals surface area contributed by atoms with E-state index in [-0.39, 0.29) is 0 Å². The second-order valence-electron chi connectivity index (χ2n) is 6.59. The van der Waals surface area contributed by atoms with Gasteiger partial charge in [-0.2, -0.15) is 0 Å². The zero-order chi connectivity index (χ0) is 15.0. The normalized spacial score (nSPS) is 26.0. The van der Waals surface area contributed by atoms with Crippen LogP contribution >= 0.6 is 0 Å². The molecule has 0 bridgehead atoms. The van der Waals surface area contributed by atoms with Crippen molar-refractivity contribution in [3.05, 3.63) is 30.1 Å². The molecule has 3 nitrogen and oxygen atoms in total. The minimum Gasteiger partial charge on any atom is -0.398 e. The number of pyridine rings is 1. The molecule has 1 fully saturated rings. The van der Waals surface area contributed by atoms with Gasteiger partial charge in [-0.1, -0.05) is 26.7 Å². The van der Waals surface area contributed by atoms with E-state index in [1.807, 2.05) is 19.2 Å². The van der Waals surface area contributed by atoms with Crippen LogP contribution in [0.25, 0.3) is 10.8 Å². The summed E-state index contributed by atoms with van der Waals surface area (Å²) in [5.41, 5.74) is 9.11. The first-order chi connectivity index (χ1) is 10.1. The van der Waals surface area contributed by atoms with Crippen LogP contribution in [0.4, 0.5) is 11.4 Å². The van der Waals surface area contributed by atoms with Crippen molar-refractivity contribution < 1.29 is 0 Å². The third-order valence-corrected chi connectivity index (χ3v) is 5.12. The van der Waals surface area contributed by atoms with Crippen molar-refractivity contribution in [2.75, 3.05) is 11.1 Å². The fourth-order valence-corrected chi connectivity index (χ4v) is 3.48. The van der Waals surface area contributed by atoms with Gasteiger partial charge in [-0.3, -0.25) is 4.98 Å². The van der Waals surface area contributed by atoms with Gasteiger partial charge >= 0.3 is 0 Å². The van der Waals surface area contributed by atoms with Crippen LogP contribution < -0.4 is 11.1 Å². The summed E-state index contributed by atoms with van der Waals surface area (Å²) in [4.78, 5) is 4.38. The number of nitrogens with two attached hydrogens (primary N) is 1. The van der Waals surface area contributed by atoms with Crippen LogP contribution in [0.15, 0.2) is 24.4 Å². The Balaban J connectivity index is 1.97. The van der Waals surface area contributed by atoms with Crippen LogP contribution in [0, 0.1) is 18.8 Å². The molecule has 0 amide bonds. The maximum atomic E-state index is 6.09. The highest BCUT2D eigenvalue weighted by Gasteiger charge is 2.27.